The van der Waals surface area contributed by atoms with E-state index >= 15 is 0 Å². The molecular weight excluding hydrogens is 433 g/mol. The third kappa shape index (κ3) is 5.99. The van der Waals surface area contributed by atoms with Crippen LogP contribution >= 0.6 is 23.2 Å². The molecule has 29 heavy (non-hydrogen) atoms. The van der Waals surface area contributed by atoms with Gasteiger partial charge in [0, 0.05) is 43.4 Å². The summed E-state index contributed by atoms with van der Waals surface area (Å²) in [5.41, 5.74) is 1.19. The molecule has 0 unspecified atom stereocenters. The maximum atomic E-state index is 12.4. The van der Waals surface area contributed by atoms with E-state index in [0.717, 1.165) is 44.9 Å². The first-order chi connectivity index (χ1) is 13.9. The van der Waals surface area contributed by atoms with E-state index in [1.807, 2.05) is 12.1 Å². The fourth-order valence-corrected chi connectivity index (χ4v) is 5.13. The van der Waals surface area contributed by atoms with Crippen molar-refractivity contribution in [2.45, 2.75) is 11.3 Å². The van der Waals surface area contributed by atoms with Crippen LogP contribution in [0.15, 0.2) is 47.4 Å². The van der Waals surface area contributed by atoms with Gasteiger partial charge in [0.15, 0.2) is 0 Å². The van der Waals surface area contributed by atoms with Crippen LogP contribution in [0.25, 0.3) is 0 Å². The molecule has 1 aliphatic rings. The van der Waals surface area contributed by atoms with Crippen LogP contribution < -0.4 is 14.4 Å². The minimum atomic E-state index is -3.67. The Kier molecular flexibility index (Phi) is 7.65. The van der Waals surface area contributed by atoms with Crippen molar-refractivity contribution < 1.29 is 13.2 Å². The van der Waals surface area contributed by atoms with Crippen molar-refractivity contribution in [1.82, 2.24) is 9.62 Å². The minimum Gasteiger partial charge on any atom is -0.497 e. The number of sulfonamides is 1. The first kappa shape index (κ1) is 22.2. The van der Waals surface area contributed by atoms with Gasteiger partial charge in [-0.3, -0.25) is 4.90 Å². The van der Waals surface area contributed by atoms with Crippen LogP contribution in [0.4, 0.5) is 5.69 Å². The van der Waals surface area contributed by atoms with Crippen molar-refractivity contribution in [1.29, 1.82) is 0 Å². The fraction of sp³-hybridized carbons (Fsp3) is 0.400. The largest absolute Gasteiger partial charge is 0.497 e. The Morgan fingerprint density at radius 1 is 1.03 bits per heavy atom. The molecule has 1 aliphatic heterocycles. The standard InChI is InChI=1S/C20H25Cl2N3O3S/c1-28-18-6-4-17(5-7-18)25-13-11-24(12-14-25)10-2-9-23-29(26,27)20-15-16(21)3-8-19(20)22/h3-8,15,23H,2,9-14H2,1H3. The third-order valence-electron chi connectivity index (χ3n) is 4.94. The SMILES string of the molecule is COc1ccc(N2CCN(CCCNS(=O)(=O)c3cc(Cl)ccc3Cl)CC2)cc1. The molecule has 0 saturated carbocycles. The van der Waals surface area contributed by atoms with E-state index in [2.05, 4.69) is 26.7 Å². The number of nitrogens with one attached hydrogen (secondary N) is 1. The van der Waals surface area contributed by atoms with Gasteiger partial charge < -0.3 is 9.64 Å². The van der Waals surface area contributed by atoms with Crippen molar-refractivity contribution in [3.8, 4) is 5.75 Å². The van der Waals surface area contributed by atoms with Crippen LogP contribution in [0.1, 0.15) is 6.42 Å². The maximum Gasteiger partial charge on any atom is 0.242 e. The lowest BCUT2D eigenvalue weighted by Gasteiger charge is -2.36. The zero-order valence-corrected chi connectivity index (χ0v) is 18.6. The highest BCUT2D eigenvalue weighted by Gasteiger charge is 2.19. The lowest BCUT2D eigenvalue weighted by molar-refractivity contribution is 0.255. The summed E-state index contributed by atoms with van der Waals surface area (Å²) in [6.07, 6.45) is 0.722. The number of rotatable bonds is 8. The van der Waals surface area contributed by atoms with Gasteiger partial charge in [0.05, 0.1) is 12.1 Å². The number of hydrogen-bond acceptors (Lipinski definition) is 5. The number of benzene rings is 2. The molecule has 0 radical (unpaired) electrons. The maximum absolute atomic E-state index is 12.4. The highest BCUT2D eigenvalue weighted by Crippen LogP contribution is 2.25. The number of anilines is 1. The molecule has 0 amide bonds. The summed E-state index contributed by atoms with van der Waals surface area (Å²) in [5.74, 6) is 0.855. The average Bonchev–Trinajstić information content (AvgIpc) is 2.73. The summed E-state index contributed by atoms with van der Waals surface area (Å²) in [7, 11) is -2.01. The molecule has 0 bridgehead atoms. The molecule has 158 valence electrons. The topological polar surface area (TPSA) is 61.9 Å². The van der Waals surface area contributed by atoms with E-state index in [-0.39, 0.29) is 9.92 Å². The van der Waals surface area contributed by atoms with Crippen LogP contribution in [-0.4, -0.2) is 59.7 Å². The van der Waals surface area contributed by atoms with Gasteiger partial charge in [0.2, 0.25) is 10.0 Å². The smallest absolute Gasteiger partial charge is 0.242 e. The van der Waals surface area contributed by atoms with Crippen LogP contribution in [0.5, 0.6) is 5.75 Å². The number of ether oxygens (including phenoxy) is 1. The van der Waals surface area contributed by atoms with E-state index in [4.69, 9.17) is 27.9 Å². The minimum absolute atomic E-state index is 0.0137. The molecule has 9 heteroatoms. The van der Waals surface area contributed by atoms with Gasteiger partial charge in [-0.25, -0.2) is 13.1 Å². The van der Waals surface area contributed by atoms with E-state index in [0.29, 0.717) is 11.6 Å². The molecule has 3 rings (SSSR count). The fourth-order valence-electron chi connectivity index (χ4n) is 3.29. The zero-order chi connectivity index (χ0) is 20.9. The molecule has 0 aromatic heterocycles. The Labute approximate surface area is 182 Å². The Morgan fingerprint density at radius 2 is 1.72 bits per heavy atom. The van der Waals surface area contributed by atoms with Gasteiger partial charge in [0.1, 0.15) is 10.6 Å². The van der Waals surface area contributed by atoms with Crippen LogP contribution in [0, 0.1) is 0 Å². The van der Waals surface area contributed by atoms with Crippen molar-refractivity contribution in [2.75, 3.05) is 51.3 Å². The quantitative estimate of drug-likeness (QED) is 0.614. The second-order valence-electron chi connectivity index (χ2n) is 6.85. The van der Waals surface area contributed by atoms with E-state index in [1.165, 1.54) is 17.8 Å². The molecule has 6 nitrogen and oxygen atoms in total. The second-order valence-corrected chi connectivity index (χ2v) is 9.43. The Morgan fingerprint density at radius 3 is 2.38 bits per heavy atom. The molecule has 0 spiro atoms. The van der Waals surface area contributed by atoms with Gasteiger partial charge >= 0.3 is 0 Å². The van der Waals surface area contributed by atoms with Crippen LogP contribution in [0.3, 0.4) is 0 Å². The first-order valence-corrected chi connectivity index (χ1v) is 11.7. The summed E-state index contributed by atoms with van der Waals surface area (Å²) in [4.78, 5) is 4.71. The predicted octanol–water partition coefficient (Wildman–Crippen LogP) is 3.49. The number of hydrogen-bond donors (Lipinski definition) is 1. The Hall–Kier alpha value is -1.51. The van der Waals surface area contributed by atoms with Crippen LogP contribution in [0.2, 0.25) is 10.0 Å². The molecule has 1 heterocycles. The number of methoxy groups -OCH3 is 1. The number of piperazine rings is 1. The Bertz CT molecular complexity index is 915. The highest BCUT2D eigenvalue weighted by atomic mass is 35.5. The monoisotopic (exact) mass is 457 g/mol. The molecule has 0 aliphatic carbocycles. The predicted molar refractivity (Wildman–Crippen MR) is 118 cm³/mol. The van der Waals surface area contributed by atoms with Gasteiger partial charge in [-0.2, -0.15) is 0 Å². The van der Waals surface area contributed by atoms with E-state index < -0.39 is 10.0 Å². The summed E-state index contributed by atoms with van der Waals surface area (Å²) in [5, 5.41) is 0.501. The number of nitrogens with zero attached hydrogens (tertiary/aromatic N) is 2. The highest BCUT2D eigenvalue weighted by molar-refractivity contribution is 7.89. The Balaban J connectivity index is 1.42. The molecular formula is C20H25Cl2N3O3S. The molecule has 1 N–H and O–H groups in total. The van der Waals surface area contributed by atoms with Gasteiger partial charge in [-0.05, 0) is 55.4 Å². The van der Waals surface area contributed by atoms with E-state index in [9.17, 15) is 8.42 Å². The van der Waals surface area contributed by atoms with Crippen molar-refractivity contribution in [3.05, 3.63) is 52.5 Å². The van der Waals surface area contributed by atoms with E-state index in [1.54, 1.807) is 13.2 Å². The van der Waals surface area contributed by atoms with Gasteiger partial charge in [0.25, 0.3) is 0 Å². The van der Waals surface area contributed by atoms with Crippen molar-refractivity contribution in [3.63, 3.8) is 0 Å². The first-order valence-electron chi connectivity index (χ1n) is 9.45. The zero-order valence-electron chi connectivity index (χ0n) is 16.3. The van der Waals surface area contributed by atoms with Crippen LogP contribution in [-0.2, 0) is 10.0 Å². The lowest BCUT2D eigenvalue weighted by Crippen LogP contribution is -2.47. The molecule has 2 aromatic rings. The van der Waals surface area contributed by atoms with Crippen molar-refractivity contribution in [2.24, 2.45) is 0 Å². The third-order valence-corrected chi connectivity index (χ3v) is 7.11. The normalized spacial score (nSPS) is 15.5. The summed E-state index contributed by atoms with van der Waals surface area (Å²) in [6.45, 7) is 4.95. The molecule has 1 fully saturated rings. The summed E-state index contributed by atoms with van der Waals surface area (Å²) in [6, 6.07) is 12.5. The van der Waals surface area contributed by atoms with Crippen molar-refractivity contribution >= 4 is 38.9 Å². The lowest BCUT2D eigenvalue weighted by atomic mass is 10.2. The van der Waals surface area contributed by atoms with Gasteiger partial charge in [-0.1, -0.05) is 23.2 Å². The molecule has 2 aromatic carbocycles. The second kappa shape index (κ2) is 10.00. The molecule has 0 atom stereocenters. The molecule has 1 saturated heterocycles. The number of halogens is 2. The summed E-state index contributed by atoms with van der Waals surface area (Å²) < 4.78 is 32.6. The summed E-state index contributed by atoms with van der Waals surface area (Å²) >= 11 is 11.9. The average molecular weight is 458 g/mol. The van der Waals surface area contributed by atoms with Gasteiger partial charge in [-0.15, -0.1) is 0 Å².